The Morgan fingerprint density at radius 1 is 1.17 bits per heavy atom. The third-order valence-corrected chi connectivity index (χ3v) is 4.94. The summed E-state index contributed by atoms with van der Waals surface area (Å²) in [6.45, 7) is 1.98. The normalized spacial score (nSPS) is 16.8. The maximum Gasteiger partial charge on any atom is 0.317 e. The highest BCUT2D eigenvalue weighted by Crippen LogP contribution is 2.29. The predicted octanol–water partition coefficient (Wildman–Crippen LogP) is 4.13. The van der Waals surface area contributed by atoms with Crippen LogP contribution in [0.1, 0.15) is 57.1 Å². The average Bonchev–Trinajstić information content (AvgIpc) is 2.89. The lowest BCUT2D eigenvalue weighted by molar-refractivity contribution is 0.181. The summed E-state index contributed by atoms with van der Waals surface area (Å²) in [7, 11) is 5.16. The molecule has 1 aliphatic carbocycles. The molecule has 0 bridgehead atoms. The summed E-state index contributed by atoms with van der Waals surface area (Å²) in [6, 6.07) is 5.85. The van der Waals surface area contributed by atoms with Crippen molar-refractivity contribution in [1.29, 1.82) is 0 Å². The van der Waals surface area contributed by atoms with Crippen LogP contribution in [0.5, 0.6) is 11.5 Å². The van der Waals surface area contributed by atoms with Crippen LogP contribution in [0.3, 0.4) is 0 Å². The molecule has 1 unspecified atom stereocenters. The van der Waals surface area contributed by atoms with Gasteiger partial charge in [0.15, 0.2) is 0 Å². The van der Waals surface area contributed by atoms with E-state index in [4.69, 9.17) is 9.47 Å². The molecule has 2 rings (SSSR count). The van der Waals surface area contributed by atoms with E-state index in [1.165, 1.54) is 25.7 Å². The van der Waals surface area contributed by atoms with Crippen molar-refractivity contribution >= 4 is 6.03 Å². The minimum absolute atomic E-state index is 0.0210. The van der Waals surface area contributed by atoms with Gasteiger partial charge in [-0.25, -0.2) is 4.79 Å². The van der Waals surface area contributed by atoms with Gasteiger partial charge in [-0.05, 0) is 31.9 Å². The fraction of sp³-hybridized carbons (Fsp3) is 0.632. The summed E-state index contributed by atoms with van der Waals surface area (Å²) in [5.74, 6) is 1.46. The second-order valence-electron chi connectivity index (χ2n) is 6.54. The Hall–Kier alpha value is -1.91. The summed E-state index contributed by atoms with van der Waals surface area (Å²) in [6.07, 6.45) is 7.19. The topological polar surface area (TPSA) is 50.8 Å². The summed E-state index contributed by atoms with van der Waals surface area (Å²) >= 11 is 0. The highest BCUT2D eigenvalue weighted by Gasteiger charge is 2.23. The number of carbonyl (C=O) groups is 1. The zero-order valence-corrected chi connectivity index (χ0v) is 15.3. The number of nitrogens with zero attached hydrogens (tertiary/aromatic N) is 1. The van der Waals surface area contributed by atoms with Crippen LogP contribution in [0, 0.1) is 0 Å². The molecule has 1 N–H and O–H groups in total. The van der Waals surface area contributed by atoms with Crippen molar-refractivity contribution < 1.29 is 14.3 Å². The van der Waals surface area contributed by atoms with E-state index < -0.39 is 0 Å². The number of amides is 2. The van der Waals surface area contributed by atoms with Crippen LogP contribution in [0.2, 0.25) is 0 Å². The maximum atomic E-state index is 12.6. The molecule has 5 nitrogen and oxygen atoms in total. The molecule has 0 radical (unpaired) electrons. The van der Waals surface area contributed by atoms with Crippen LogP contribution in [-0.4, -0.2) is 38.2 Å². The fourth-order valence-electron chi connectivity index (χ4n) is 3.35. The van der Waals surface area contributed by atoms with Crippen molar-refractivity contribution in [2.24, 2.45) is 0 Å². The first kappa shape index (κ1) is 18.4. The minimum atomic E-state index is -0.133. The molecule has 0 heterocycles. The first-order chi connectivity index (χ1) is 11.6. The van der Waals surface area contributed by atoms with E-state index in [1.54, 1.807) is 14.2 Å². The van der Waals surface area contributed by atoms with Gasteiger partial charge in [0.05, 0.1) is 20.3 Å². The second-order valence-corrected chi connectivity index (χ2v) is 6.54. The Bertz CT molecular complexity index is 539. The van der Waals surface area contributed by atoms with Crippen LogP contribution in [0.4, 0.5) is 4.79 Å². The number of hydrogen-bond donors (Lipinski definition) is 1. The quantitative estimate of drug-likeness (QED) is 0.824. The average molecular weight is 334 g/mol. The Labute approximate surface area is 145 Å². The van der Waals surface area contributed by atoms with E-state index in [0.717, 1.165) is 29.9 Å². The number of hydrogen-bond acceptors (Lipinski definition) is 3. The Morgan fingerprint density at radius 2 is 1.83 bits per heavy atom. The lowest BCUT2D eigenvalue weighted by atomic mass is 10.1. The number of benzene rings is 1. The molecule has 0 spiro atoms. The third kappa shape index (κ3) is 4.56. The fourth-order valence-corrected chi connectivity index (χ4v) is 3.35. The van der Waals surface area contributed by atoms with E-state index in [0.29, 0.717) is 6.04 Å². The molecule has 0 aromatic heterocycles. The Kier molecular flexibility index (Phi) is 6.76. The number of nitrogens with one attached hydrogen (secondary N) is 1. The van der Waals surface area contributed by atoms with E-state index in [1.807, 2.05) is 37.1 Å². The monoisotopic (exact) mass is 334 g/mol. The number of carbonyl (C=O) groups excluding carboxylic acids is 1. The van der Waals surface area contributed by atoms with Gasteiger partial charge in [-0.1, -0.05) is 25.7 Å². The van der Waals surface area contributed by atoms with Gasteiger partial charge in [0, 0.05) is 24.7 Å². The molecule has 0 aliphatic heterocycles. The van der Waals surface area contributed by atoms with E-state index >= 15 is 0 Å². The third-order valence-electron chi connectivity index (χ3n) is 4.94. The van der Waals surface area contributed by atoms with Crippen molar-refractivity contribution in [3.8, 4) is 11.5 Å². The summed E-state index contributed by atoms with van der Waals surface area (Å²) in [5, 5.41) is 3.09. The van der Waals surface area contributed by atoms with Gasteiger partial charge < -0.3 is 19.7 Å². The smallest absolute Gasteiger partial charge is 0.317 e. The van der Waals surface area contributed by atoms with Crippen LogP contribution < -0.4 is 14.8 Å². The summed E-state index contributed by atoms with van der Waals surface area (Å²) < 4.78 is 10.7. The Morgan fingerprint density at radius 3 is 2.42 bits per heavy atom. The van der Waals surface area contributed by atoms with E-state index in [9.17, 15) is 4.79 Å². The molecule has 1 fully saturated rings. The molecule has 1 aromatic carbocycles. The van der Waals surface area contributed by atoms with Crippen molar-refractivity contribution in [2.45, 2.75) is 57.5 Å². The molecule has 5 heteroatoms. The van der Waals surface area contributed by atoms with Crippen molar-refractivity contribution in [1.82, 2.24) is 10.2 Å². The van der Waals surface area contributed by atoms with Crippen molar-refractivity contribution in [3.63, 3.8) is 0 Å². The van der Waals surface area contributed by atoms with Crippen LogP contribution >= 0.6 is 0 Å². The molecule has 0 saturated heterocycles. The zero-order valence-electron chi connectivity index (χ0n) is 15.3. The molecule has 1 aromatic rings. The molecule has 1 atom stereocenters. The second kappa shape index (κ2) is 8.81. The van der Waals surface area contributed by atoms with Gasteiger partial charge in [0.1, 0.15) is 11.5 Å². The number of ether oxygens (including phenoxy) is 2. The molecular formula is C19H30N2O3. The molecule has 1 aliphatic rings. The van der Waals surface area contributed by atoms with E-state index in [-0.39, 0.29) is 12.1 Å². The number of rotatable bonds is 5. The van der Waals surface area contributed by atoms with Crippen LogP contribution in [-0.2, 0) is 0 Å². The molecular weight excluding hydrogens is 304 g/mol. The SMILES string of the molecule is COc1ccc(C(C)NC(=O)N(C)C2CCCCCC2)c(OC)c1. The van der Waals surface area contributed by atoms with Gasteiger partial charge in [-0.2, -0.15) is 0 Å². The zero-order chi connectivity index (χ0) is 17.5. The molecule has 134 valence electrons. The van der Waals surface area contributed by atoms with Crippen molar-refractivity contribution in [2.75, 3.05) is 21.3 Å². The lowest BCUT2D eigenvalue weighted by Crippen LogP contribution is -2.44. The van der Waals surface area contributed by atoms with Gasteiger partial charge in [0.25, 0.3) is 0 Å². The Balaban J connectivity index is 2.02. The molecule has 2 amide bonds. The first-order valence-electron chi connectivity index (χ1n) is 8.82. The summed E-state index contributed by atoms with van der Waals surface area (Å²) in [4.78, 5) is 14.5. The van der Waals surface area contributed by atoms with Gasteiger partial charge in [-0.15, -0.1) is 0 Å². The highest BCUT2D eigenvalue weighted by molar-refractivity contribution is 5.75. The van der Waals surface area contributed by atoms with Crippen LogP contribution in [0.15, 0.2) is 18.2 Å². The van der Waals surface area contributed by atoms with Crippen molar-refractivity contribution in [3.05, 3.63) is 23.8 Å². The highest BCUT2D eigenvalue weighted by atomic mass is 16.5. The molecule has 24 heavy (non-hydrogen) atoms. The van der Waals surface area contributed by atoms with Gasteiger partial charge in [0.2, 0.25) is 0 Å². The lowest BCUT2D eigenvalue weighted by Gasteiger charge is -2.29. The maximum absolute atomic E-state index is 12.6. The summed E-state index contributed by atoms with van der Waals surface area (Å²) in [5.41, 5.74) is 0.945. The predicted molar refractivity (Wildman–Crippen MR) is 95.7 cm³/mol. The standard InChI is InChI=1S/C19H30N2O3/c1-14(17-12-11-16(23-3)13-18(17)24-4)20-19(22)21(2)15-9-7-5-6-8-10-15/h11-15H,5-10H2,1-4H3,(H,20,22). The number of urea groups is 1. The number of methoxy groups -OCH3 is 2. The minimum Gasteiger partial charge on any atom is -0.497 e. The van der Waals surface area contributed by atoms with Gasteiger partial charge in [-0.3, -0.25) is 0 Å². The first-order valence-corrected chi connectivity index (χ1v) is 8.82. The largest absolute Gasteiger partial charge is 0.497 e. The van der Waals surface area contributed by atoms with Crippen LogP contribution in [0.25, 0.3) is 0 Å². The van der Waals surface area contributed by atoms with Gasteiger partial charge >= 0.3 is 6.03 Å². The molecule has 1 saturated carbocycles. The van der Waals surface area contributed by atoms with E-state index in [2.05, 4.69) is 5.32 Å².